The van der Waals surface area contributed by atoms with Crippen molar-refractivity contribution in [3.63, 3.8) is 0 Å². The van der Waals surface area contributed by atoms with E-state index in [0.717, 1.165) is 29.3 Å². The molecular formula is C21H25N5O. The lowest BCUT2D eigenvalue weighted by Crippen LogP contribution is -2.30. The SMILES string of the molecule is CCN(c1ccc(C(=O)Nc2ccc(-c3n[nH]c(C)n3)cc2)cc1)C(C)C. The Morgan fingerprint density at radius 3 is 2.30 bits per heavy atom. The topological polar surface area (TPSA) is 73.9 Å². The van der Waals surface area contributed by atoms with Gasteiger partial charge in [-0.15, -0.1) is 0 Å². The molecule has 6 nitrogen and oxygen atoms in total. The maximum absolute atomic E-state index is 12.5. The number of hydrogen-bond donors (Lipinski definition) is 2. The van der Waals surface area contributed by atoms with Crippen molar-refractivity contribution in [3.8, 4) is 11.4 Å². The summed E-state index contributed by atoms with van der Waals surface area (Å²) in [6.45, 7) is 9.24. The van der Waals surface area contributed by atoms with Crippen LogP contribution in [-0.2, 0) is 0 Å². The summed E-state index contributed by atoms with van der Waals surface area (Å²) >= 11 is 0. The van der Waals surface area contributed by atoms with E-state index in [0.29, 0.717) is 17.4 Å². The molecule has 0 unspecified atom stereocenters. The number of anilines is 2. The number of H-pyrrole nitrogens is 1. The number of carbonyl (C=O) groups is 1. The molecule has 0 saturated heterocycles. The second-order valence-electron chi connectivity index (χ2n) is 6.70. The largest absolute Gasteiger partial charge is 0.369 e. The molecule has 0 aliphatic heterocycles. The summed E-state index contributed by atoms with van der Waals surface area (Å²) in [5.41, 5.74) is 3.38. The number of nitrogens with zero attached hydrogens (tertiary/aromatic N) is 3. The van der Waals surface area contributed by atoms with Gasteiger partial charge in [0, 0.05) is 35.1 Å². The van der Waals surface area contributed by atoms with Gasteiger partial charge in [-0.25, -0.2) is 4.98 Å². The lowest BCUT2D eigenvalue weighted by molar-refractivity contribution is 0.102. The Kier molecular flexibility index (Phi) is 5.54. The zero-order chi connectivity index (χ0) is 19.4. The van der Waals surface area contributed by atoms with Crippen molar-refractivity contribution in [2.75, 3.05) is 16.8 Å². The van der Waals surface area contributed by atoms with Crippen molar-refractivity contribution in [3.05, 3.63) is 59.9 Å². The summed E-state index contributed by atoms with van der Waals surface area (Å²) in [6.07, 6.45) is 0. The molecule has 0 radical (unpaired) electrons. The highest BCUT2D eigenvalue weighted by Gasteiger charge is 2.11. The maximum atomic E-state index is 12.5. The number of nitrogens with one attached hydrogen (secondary N) is 2. The quantitative estimate of drug-likeness (QED) is 0.686. The van der Waals surface area contributed by atoms with Crippen LogP contribution in [0.3, 0.4) is 0 Å². The summed E-state index contributed by atoms with van der Waals surface area (Å²) in [5, 5.41) is 9.89. The van der Waals surface area contributed by atoms with E-state index in [2.05, 4.69) is 46.2 Å². The van der Waals surface area contributed by atoms with E-state index >= 15 is 0 Å². The number of hydrogen-bond acceptors (Lipinski definition) is 4. The Balaban J connectivity index is 1.68. The molecule has 0 saturated carbocycles. The highest BCUT2D eigenvalue weighted by Crippen LogP contribution is 2.20. The van der Waals surface area contributed by atoms with Crippen LogP contribution in [0.1, 0.15) is 37.0 Å². The Bertz CT molecular complexity index is 897. The fourth-order valence-corrected chi connectivity index (χ4v) is 3.03. The zero-order valence-corrected chi connectivity index (χ0v) is 16.2. The third-order valence-electron chi connectivity index (χ3n) is 4.42. The minimum atomic E-state index is -0.129. The molecule has 1 aromatic heterocycles. The smallest absolute Gasteiger partial charge is 0.255 e. The monoisotopic (exact) mass is 363 g/mol. The normalized spacial score (nSPS) is 10.9. The standard InChI is InChI=1S/C21H25N5O/c1-5-26(14(2)3)19-12-8-17(9-13-19)21(27)23-18-10-6-16(7-11-18)20-22-15(4)24-25-20/h6-14H,5H2,1-4H3,(H,23,27)(H,22,24,25). The van der Waals surface area contributed by atoms with E-state index in [9.17, 15) is 4.79 Å². The van der Waals surface area contributed by atoms with Gasteiger partial charge in [0.15, 0.2) is 5.82 Å². The number of aromatic nitrogens is 3. The van der Waals surface area contributed by atoms with Gasteiger partial charge in [0.05, 0.1) is 0 Å². The van der Waals surface area contributed by atoms with Crippen molar-refractivity contribution < 1.29 is 4.79 Å². The molecule has 0 fully saturated rings. The van der Waals surface area contributed by atoms with Crippen molar-refractivity contribution >= 4 is 17.3 Å². The number of amides is 1. The van der Waals surface area contributed by atoms with Crippen LogP contribution in [0.15, 0.2) is 48.5 Å². The van der Waals surface area contributed by atoms with E-state index in [1.54, 1.807) is 0 Å². The number of carbonyl (C=O) groups excluding carboxylic acids is 1. The van der Waals surface area contributed by atoms with Crippen LogP contribution in [0.25, 0.3) is 11.4 Å². The molecule has 0 bridgehead atoms. The second-order valence-corrected chi connectivity index (χ2v) is 6.70. The number of aryl methyl sites for hydroxylation is 1. The maximum Gasteiger partial charge on any atom is 0.255 e. The molecule has 1 heterocycles. The fourth-order valence-electron chi connectivity index (χ4n) is 3.03. The van der Waals surface area contributed by atoms with Gasteiger partial charge in [-0.3, -0.25) is 9.89 Å². The minimum absolute atomic E-state index is 0.129. The third kappa shape index (κ3) is 4.34. The van der Waals surface area contributed by atoms with E-state index in [4.69, 9.17) is 0 Å². The first-order valence-electron chi connectivity index (χ1n) is 9.15. The minimum Gasteiger partial charge on any atom is -0.369 e. The van der Waals surface area contributed by atoms with Crippen molar-refractivity contribution in [2.24, 2.45) is 0 Å². The van der Waals surface area contributed by atoms with E-state index < -0.39 is 0 Å². The van der Waals surface area contributed by atoms with Gasteiger partial charge in [0.2, 0.25) is 0 Å². The molecule has 0 aliphatic rings. The van der Waals surface area contributed by atoms with Gasteiger partial charge in [0.25, 0.3) is 5.91 Å². The number of benzene rings is 2. The highest BCUT2D eigenvalue weighted by atomic mass is 16.1. The highest BCUT2D eigenvalue weighted by molar-refractivity contribution is 6.04. The Labute approximate surface area is 159 Å². The lowest BCUT2D eigenvalue weighted by Gasteiger charge is -2.27. The predicted molar refractivity (Wildman–Crippen MR) is 109 cm³/mol. The van der Waals surface area contributed by atoms with Crippen LogP contribution < -0.4 is 10.2 Å². The molecule has 0 aliphatic carbocycles. The van der Waals surface area contributed by atoms with E-state index in [-0.39, 0.29) is 5.91 Å². The average Bonchev–Trinajstić information content (AvgIpc) is 3.09. The van der Waals surface area contributed by atoms with Gasteiger partial charge in [-0.2, -0.15) is 5.10 Å². The Morgan fingerprint density at radius 2 is 1.78 bits per heavy atom. The molecule has 2 aromatic carbocycles. The first-order chi connectivity index (χ1) is 13.0. The molecule has 27 heavy (non-hydrogen) atoms. The van der Waals surface area contributed by atoms with E-state index in [1.165, 1.54) is 0 Å². The van der Waals surface area contributed by atoms with Crippen molar-refractivity contribution in [2.45, 2.75) is 33.7 Å². The molecule has 6 heteroatoms. The van der Waals surface area contributed by atoms with Crippen molar-refractivity contribution in [1.29, 1.82) is 0 Å². The van der Waals surface area contributed by atoms with Crippen LogP contribution in [-0.4, -0.2) is 33.7 Å². The Morgan fingerprint density at radius 1 is 1.11 bits per heavy atom. The molecule has 1 amide bonds. The van der Waals surface area contributed by atoms with E-state index in [1.807, 2.05) is 55.5 Å². The van der Waals surface area contributed by atoms with Crippen molar-refractivity contribution in [1.82, 2.24) is 15.2 Å². The lowest BCUT2D eigenvalue weighted by atomic mass is 10.1. The van der Waals surface area contributed by atoms with Gasteiger partial charge >= 0.3 is 0 Å². The van der Waals surface area contributed by atoms with Crippen LogP contribution in [0, 0.1) is 6.92 Å². The Hall–Kier alpha value is -3.15. The molecule has 3 aromatic rings. The average molecular weight is 363 g/mol. The fraction of sp³-hybridized carbons (Fsp3) is 0.286. The van der Waals surface area contributed by atoms with Crippen LogP contribution in [0.2, 0.25) is 0 Å². The summed E-state index contributed by atoms with van der Waals surface area (Å²) in [5.74, 6) is 1.28. The first-order valence-corrected chi connectivity index (χ1v) is 9.15. The molecule has 0 atom stereocenters. The summed E-state index contributed by atoms with van der Waals surface area (Å²) in [6, 6.07) is 15.6. The van der Waals surface area contributed by atoms with Crippen LogP contribution in [0.4, 0.5) is 11.4 Å². The van der Waals surface area contributed by atoms with Crippen LogP contribution >= 0.6 is 0 Å². The molecule has 2 N–H and O–H groups in total. The zero-order valence-electron chi connectivity index (χ0n) is 16.2. The molecular weight excluding hydrogens is 338 g/mol. The molecule has 0 spiro atoms. The summed E-state index contributed by atoms with van der Waals surface area (Å²) in [4.78, 5) is 19.1. The molecule has 3 rings (SSSR count). The predicted octanol–water partition coefficient (Wildman–Crippen LogP) is 4.27. The van der Waals surface area contributed by atoms with Gasteiger partial charge in [-0.1, -0.05) is 0 Å². The van der Waals surface area contributed by atoms with Gasteiger partial charge in [-0.05, 0) is 76.2 Å². The third-order valence-corrected chi connectivity index (χ3v) is 4.42. The summed E-state index contributed by atoms with van der Waals surface area (Å²) in [7, 11) is 0. The molecule has 140 valence electrons. The van der Waals surface area contributed by atoms with Gasteiger partial charge < -0.3 is 10.2 Å². The summed E-state index contributed by atoms with van der Waals surface area (Å²) < 4.78 is 0. The van der Waals surface area contributed by atoms with Gasteiger partial charge in [0.1, 0.15) is 5.82 Å². The second kappa shape index (κ2) is 8.03. The first kappa shape index (κ1) is 18.6. The number of aromatic amines is 1. The number of rotatable bonds is 6. The van der Waals surface area contributed by atoms with Crippen LogP contribution in [0.5, 0.6) is 0 Å².